The van der Waals surface area contributed by atoms with Gasteiger partial charge in [-0.05, 0) is 23.6 Å². The normalized spacial score (nSPS) is 15.9. The molecule has 0 spiro atoms. The first-order chi connectivity index (χ1) is 15.6. The first kappa shape index (κ1) is 24.0. The molecule has 3 amide bonds. The Morgan fingerprint density at radius 1 is 1.15 bits per heavy atom. The van der Waals surface area contributed by atoms with Gasteiger partial charge in [0.25, 0.3) is 5.91 Å². The number of benzene rings is 1. The van der Waals surface area contributed by atoms with Crippen molar-refractivity contribution in [2.24, 2.45) is 5.41 Å². The Morgan fingerprint density at radius 3 is 2.39 bits per heavy atom. The fourth-order valence-electron chi connectivity index (χ4n) is 3.25. The fraction of sp³-hybridized carbons (Fsp3) is 0.217. The second kappa shape index (κ2) is 9.45. The molecule has 2 aromatic rings. The van der Waals surface area contributed by atoms with Crippen molar-refractivity contribution in [3.05, 3.63) is 79.8 Å². The molecule has 1 aliphatic heterocycles. The molecule has 1 aliphatic rings. The number of thiophene rings is 1. The smallest absolute Gasteiger partial charge is 0.328 e. The van der Waals surface area contributed by atoms with Crippen LogP contribution >= 0.6 is 22.9 Å². The highest BCUT2D eigenvalue weighted by molar-refractivity contribution is 7.10. The van der Waals surface area contributed by atoms with E-state index in [2.05, 4.69) is 11.4 Å². The van der Waals surface area contributed by atoms with Crippen LogP contribution in [0.5, 0.6) is 0 Å². The van der Waals surface area contributed by atoms with Gasteiger partial charge in [-0.1, -0.05) is 44.5 Å². The van der Waals surface area contributed by atoms with Crippen molar-refractivity contribution in [1.29, 1.82) is 10.5 Å². The van der Waals surface area contributed by atoms with Crippen molar-refractivity contribution in [2.75, 3.05) is 0 Å². The standard InChI is InChI=1S/C23H18ClFN4O3S/c1-23(2,3)19-12(10-26)17(16-8-5-9-33-16)13(11-27)21(32-19)29-22(31)28-20(30)18-14(24)6-4-7-15(18)25/h4-9,17H,1-3H3,(H2,28,29,30,31)/t17-/m0/s1. The Labute approximate surface area is 198 Å². The lowest BCUT2D eigenvalue weighted by Gasteiger charge is -2.32. The minimum absolute atomic E-state index is 0.00600. The number of ether oxygens (including phenoxy) is 1. The quantitative estimate of drug-likeness (QED) is 0.609. The van der Waals surface area contributed by atoms with Crippen LogP contribution in [0.4, 0.5) is 9.18 Å². The van der Waals surface area contributed by atoms with Crippen molar-refractivity contribution in [3.63, 3.8) is 0 Å². The lowest BCUT2D eigenvalue weighted by molar-refractivity contribution is 0.0958. The number of rotatable bonds is 3. The highest BCUT2D eigenvalue weighted by atomic mass is 35.5. The van der Waals surface area contributed by atoms with E-state index in [1.165, 1.54) is 23.5 Å². The van der Waals surface area contributed by atoms with Gasteiger partial charge in [-0.3, -0.25) is 15.4 Å². The Kier molecular flexibility index (Phi) is 6.87. The van der Waals surface area contributed by atoms with Crippen molar-refractivity contribution in [1.82, 2.24) is 10.6 Å². The summed E-state index contributed by atoms with van der Waals surface area (Å²) >= 11 is 7.23. The van der Waals surface area contributed by atoms with Crippen molar-refractivity contribution in [3.8, 4) is 12.1 Å². The number of nitriles is 2. The van der Waals surface area contributed by atoms with Gasteiger partial charge in [0.05, 0.1) is 28.1 Å². The van der Waals surface area contributed by atoms with Crippen molar-refractivity contribution >= 4 is 34.9 Å². The Bertz CT molecular complexity index is 1240. The van der Waals surface area contributed by atoms with Gasteiger partial charge in [0, 0.05) is 10.3 Å². The van der Waals surface area contributed by atoms with E-state index in [9.17, 15) is 24.5 Å². The highest BCUT2D eigenvalue weighted by Crippen LogP contribution is 2.45. The zero-order chi connectivity index (χ0) is 24.3. The van der Waals surface area contributed by atoms with Gasteiger partial charge in [0.15, 0.2) is 0 Å². The van der Waals surface area contributed by atoms with Gasteiger partial charge < -0.3 is 4.74 Å². The molecular weight excluding hydrogens is 467 g/mol. The van der Waals surface area contributed by atoms with Crippen molar-refractivity contribution < 1.29 is 18.7 Å². The number of hydrogen-bond acceptors (Lipinski definition) is 6. The minimum atomic E-state index is -1.07. The van der Waals surface area contributed by atoms with Crippen LogP contribution in [0.15, 0.2) is 58.5 Å². The molecule has 0 fully saturated rings. The number of allylic oxidation sites excluding steroid dienone is 3. The Balaban J connectivity index is 1.97. The molecule has 0 radical (unpaired) electrons. The molecule has 3 rings (SSSR count). The topological polar surface area (TPSA) is 115 Å². The van der Waals surface area contributed by atoms with E-state index in [1.807, 2.05) is 37.5 Å². The number of nitrogens with one attached hydrogen (secondary N) is 2. The number of nitrogens with zero attached hydrogens (tertiary/aromatic N) is 2. The summed E-state index contributed by atoms with van der Waals surface area (Å²) in [5.41, 5.74) is -0.886. The average Bonchev–Trinajstić information content (AvgIpc) is 3.26. The number of imide groups is 1. The van der Waals surface area contributed by atoms with Gasteiger partial charge >= 0.3 is 6.03 Å². The molecular formula is C23H18ClFN4O3S. The van der Waals surface area contributed by atoms with Crippen LogP contribution in [0.2, 0.25) is 5.02 Å². The molecule has 2 N–H and O–H groups in total. The van der Waals surface area contributed by atoms with E-state index >= 15 is 0 Å². The molecule has 168 valence electrons. The maximum Gasteiger partial charge on any atom is 0.328 e. The van der Waals surface area contributed by atoms with E-state index in [4.69, 9.17) is 16.3 Å². The van der Waals surface area contributed by atoms with Gasteiger partial charge in [-0.25, -0.2) is 9.18 Å². The molecule has 10 heteroatoms. The molecule has 0 saturated heterocycles. The van der Waals surface area contributed by atoms with Crippen LogP contribution < -0.4 is 10.6 Å². The van der Waals surface area contributed by atoms with E-state index in [1.54, 1.807) is 12.1 Å². The van der Waals surface area contributed by atoms with Gasteiger partial charge in [-0.15, -0.1) is 11.3 Å². The third-order valence-corrected chi connectivity index (χ3v) is 5.92. The fourth-order valence-corrected chi connectivity index (χ4v) is 4.35. The van der Waals surface area contributed by atoms with Crippen LogP contribution in [0, 0.1) is 33.9 Å². The molecule has 0 saturated carbocycles. The van der Waals surface area contributed by atoms with Crippen LogP contribution in [-0.4, -0.2) is 11.9 Å². The number of carbonyl (C=O) groups is 2. The summed E-state index contributed by atoms with van der Waals surface area (Å²) in [5, 5.41) is 25.7. The number of hydrogen-bond donors (Lipinski definition) is 2. The second-order valence-electron chi connectivity index (χ2n) is 8.01. The lowest BCUT2D eigenvalue weighted by atomic mass is 9.81. The minimum Gasteiger partial charge on any atom is -0.443 e. The summed E-state index contributed by atoms with van der Waals surface area (Å²) in [5.74, 6) is -2.65. The predicted octanol–water partition coefficient (Wildman–Crippen LogP) is 5.35. The molecule has 0 unspecified atom stereocenters. The zero-order valence-electron chi connectivity index (χ0n) is 17.8. The van der Waals surface area contributed by atoms with Gasteiger partial charge in [0.1, 0.15) is 23.2 Å². The molecule has 1 aromatic heterocycles. The maximum atomic E-state index is 14.0. The predicted molar refractivity (Wildman–Crippen MR) is 120 cm³/mol. The van der Waals surface area contributed by atoms with Crippen molar-refractivity contribution in [2.45, 2.75) is 26.7 Å². The van der Waals surface area contributed by atoms with Crippen LogP contribution in [0.25, 0.3) is 0 Å². The third kappa shape index (κ3) is 4.90. The average molecular weight is 485 g/mol. The first-order valence-electron chi connectivity index (χ1n) is 9.65. The van der Waals surface area contributed by atoms with E-state index < -0.39 is 34.7 Å². The van der Waals surface area contributed by atoms with Gasteiger partial charge in [0.2, 0.25) is 5.88 Å². The van der Waals surface area contributed by atoms with E-state index in [0.29, 0.717) is 4.88 Å². The number of amides is 3. The number of halogens is 2. The van der Waals surface area contributed by atoms with Crippen LogP contribution in [-0.2, 0) is 4.74 Å². The first-order valence-corrected chi connectivity index (χ1v) is 10.9. The van der Waals surface area contributed by atoms with Gasteiger partial charge in [-0.2, -0.15) is 10.5 Å². The summed E-state index contributed by atoms with van der Waals surface area (Å²) < 4.78 is 19.8. The Hall–Kier alpha value is -3.66. The summed E-state index contributed by atoms with van der Waals surface area (Å²) in [6, 6.07) is 10.3. The van der Waals surface area contributed by atoms with E-state index in [-0.39, 0.29) is 27.8 Å². The Morgan fingerprint density at radius 2 is 1.85 bits per heavy atom. The monoisotopic (exact) mass is 484 g/mol. The maximum absolute atomic E-state index is 14.0. The highest BCUT2D eigenvalue weighted by Gasteiger charge is 2.39. The third-order valence-electron chi connectivity index (χ3n) is 4.66. The molecule has 2 heterocycles. The SMILES string of the molecule is CC(C)(C)C1=C(C#N)[C@H](c2cccs2)C(C#N)=C(NC(=O)NC(=O)c2c(F)cccc2Cl)O1. The zero-order valence-corrected chi connectivity index (χ0v) is 19.4. The summed E-state index contributed by atoms with van der Waals surface area (Å²) in [7, 11) is 0. The summed E-state index contributed by atoms with van der Waals surface area (Å²) in [4.78, 5) is 25.7. The second-order valence-corrected chi connectivity index (χ2v) is 9.40. The summed E-state index contributed by atoms with van der Waals surface area (Å²) in [6.45, 7) is 5.47. The number of carbonyl (C=O) groups excluding carboxylic acids is 2. The van der Waals surface area contributed by atoms with E-state index in [0.717, 1.165) is 6.07 Å². The molecule has 1 aromatic carbocycles. The molecule has 0 bridgehead atoms. The van der Waals surface area contributed by atoms with Crippen LogP contribution in [0.3, 0.4) is 0 Å². The number of urea groups is 1. The molecule has 33 heavy (non-hydrogen) atoms. The molecule has 7 nitrogen and oxygen atoms in total. The molecule has 1 atom stereocenters. The largest absolute Gasteiger partial charge is 0.443 e. The summed E-state index contributed by atoms with van der Waals surface area (Å²) in [6.07, 6.45) is 0. The molecule has 0 aliphatic carbocycles. The van der Waals surface area contributed by atoms with Crippen LogP contribution in [0.1, 0.15) is 41.9 Å². The lowest BCUT2D eigenvalue weighted by Crippen LogP contribution is -2.41.